The van der Waals surface area contributed by atoms with E-state index < -0.39 is 0 Å². The summed E-state index contributed by atoms with van der Waals surface area (Å²) in [6.45, 7) is 0.266. The molecule has 0 saturated heterocycles. The van der Waals surface area contributed by atoms with Crippen molar-refractivity contribution in [3.8, 4) is 11.3 Å². The molecular weight excluding hydrogens is 304 g/mol. The van der Waals surface area contributed by atoms with Crippen molar-refractivity contribution in [3.05, 3.63) is 60.2 Å². The van der Waals surface area contributed by atoms with Gasteiger partial charge in [-0.25, -0.2) is 4.98 Å². The molecule has 3 aromatic rings. The third-order valence-electron chi connectivity index (χ3n) is 4.09. The highest BCUT2D eigenvalue weighted by Crippen LogP contribution is 2.41. The van der Waals surface area contributed by atoms with Crippen LogP contribution in [0.4, 0.5) is 5.95 Å². The van der Waals surface area contributed by atoms with Gasteiger partial charge in [0.2, 0.25) is 5.95 Å². The largest absolute Gasteiger partial charge is 0.455 e. The Morgan fingerprint density at radius 3 is 2.71 bits per heavy atom. The maximum Gasteiger partial charge on any atom is 0.293 e. The first-order valence-electron chi connectivity index (χ1n) is 7.99. The lowest BCUT2D eigenvalue weighted by Gasteiger charge is -2.11. The van der Waals surface area contributed by atoms with Crippen LogP contribution in [0, 0.1) is 0 Å². The summed E-state index contributed by atoms with van der Waals surface area (Å²) in [6.07, 6.45) is 3.99. The molecule has 122 valence electrons. The molecule has 0 spiro atoms. The van der Waals surface area contributed by atoms with Gasteiger partial charge in [-0.1, -0.05) is 30.3 Å². The van der Waals surface area contributed by atoms with Gasteiger partial charge >= 0.3 is 0 Å². The molecule has 0 unspecified atom stereocenters. The fraction of sp³-hybridized carbons (Fsp3) is 0.222. The molecule has 0 atom stereocenters. The van der Waals surface area contributed by atoms with Gasteiger partial charge in [-0.2, -0.15) is 0 Å². The van der Waals surface area contributed by atoms with Crippen molar-refractivity contribution in [3.63, 3.8) is 0 Å². The first-order chi connectivity index (χ1) is 11.8. The quantitative estimate of drug-likeness (QED) is 0.755. The number of hydrogen-bond donors (Lipinski definition) is 2. The molecule has 6 heteroatoms. The molecule has 1 saturated carbocycles. The molecule has 24 heavy (non-hydrogen) atoms. The predicted octanol–water partition coefficient (Wildman–Crippen LogP) is 3.19. The number of furan rings is 1. The van der Waals surface area contributed by atoms with Crippen LogP contribution in [0.5, 0.6) is 0 Å². The first kappa shape index (κ1) is 14.7. The summed E-state index contributed by atoms with van der Waals surface area (Å²) < 4.78 is 7.50. The Balaban J connectivity index is 1.64. The highest BCUT2D eigenvalue weighted by atomic mass is 16.4. The monoisotopic (exact) mass is 322 g/mol. The lowest BCUT2D eigenvalue weighted by atomic mass is 10.2. The number of anilines is 1. The molecule has 2 aromatic heterocycles. The number of nitrogens with two attached hydrogens (primary N) is 1. The van der Waals surface area contributed by atoms with E-state index in [9.17, 15) is 4.79 Å². The second-order valence-corrected chi connectivity index (χ2v) is 5.86. The fourth-order valence-electron chi connectivity index (χ4n) is 2.75. The Morgan fingerprint density at radius 1 is 1.25 bits per heavy atom. The smallest absolute Gasteiger partial charge is 0.293 e. The average molecular weight is 322 g/mol. The SMILES string of the molecule is NCc1ccc(C(=O)Nc2ncc(-c3ccccc3)n2C2CC2)o1. The van der Waals surface area contributed by atoms with Crippen molar-refractivity contribution in [2.75, 3.05) is 5.32 Å². The van der Waals surface area contributed by atoms with Gasteiger partial charge in [0.1, 0.15) is 5.76 Å². The van der Waals surface area contributed by atoms with Crippen LogP contribution in [-0.4, -0.2) is 15.5 Å². The Labute approximate surface area is 139 Å². The molecular formula is C18H18N4O2. The zero-order valence-corrected chi connectivity index (χ0v) is 13.1. The molecule has 4 rings (SSSR count). The predicted molar refractivity (Wildman–Crippen MR) is 90.5 cm³/mol. The molecule has 0 radical (unpaired) electrons. The van der Waals surface area contributed by atoms with Gasteiger partial charge in [0.05, 0.1) is 18.4 Å². The number of rotatable bonds is 5. The van der Waals surface area contributed by atoms with Gasteiger partial charge in [0, 0.05) is 6.04 Å². The maximum absolute atomic E-state index is 12.4. The van der Waals surface area contributed by atoms with Gasteiger partial charge < -0.3 is 14.7 Å². The van der Waals surface area contributed by atoms with Crippen LogP contribution in [0.15, 0.2) is 53.1 Å². The zero-order chi connectivity index (χ0) is 16.5. The Morgan fingerprint density at radius 2 is 2.04 bits per heavy atom. The third kappa shape index (κ3) is 2.72. The molecule has 6 nitrogen and oxygen atoms in total. The van der Waals surface area contributed by atoms with E-state index in [1.807, 2.05) is 30.3 Å². The van der Waals surface area contributed by atoms with E-state index in [-0.39, 0.29) is 18.2 Å². The van der Waals surface area contributed by atoms with Crippen LogP contribution in [0.3, 0.4) is 0 Å². The highest BCUT2D eigenvalue weighted by Gasteiger charge is 2.29. The normalized spacial score (nSPS) is 13.9. The summed E-state index contributed by atoms with van der Waals surface area (Å²) >= 11 is 0. The minimum Gasteiger partial charge on any atom is -0.455 e. The number of nitrogens with one attached hydrogen (secondary N) is 1. The van der Waals surface area contributed by atoms with Gasteiger partial charge in [0.15, 0.2) is 5.76 Å². The Hall–Kier alpha value is -2.86. The number of nitrogens with zero attached hydrogens (tertiary/aromatic N) is 2. The second-order valence-electron chi connectivity index (χ2n) is 5.86. The number of hydrogen-bond acceptors (Lipinski definition) is 4. The van der Waals surface area contributed by atoms with Crippen LogP contribution in [0.25, 0.3) is 11.3 Å². The molecule has 1 fully saturated rings. The minimum atomic E-state index is -0.318. The maximum atomic E-state index is 12.4. The van der Waals surface area contributed by atoms with Crippen molar-refractivity contribution in [1.29, 1.82) is 0 Å². The van der Waals surface area contributed by atoms with Crippen LogP contribution in [-0.2, 0) is 6.54 Å². The highest BCUT2D eigenvalue weighted by molar-refractivity contribution is 6.01. The van der Waals surface area contributed by atoms with Crippen LogP contribution in [0.1, 0.15) is 35.2 Å². The summed E-state index contributed by atoms with van der Waals surface area (Å²) in [4.78, 5) is 16.8. The van der Waals surface area contributed by atoms with Crippen molar-refractivity contribution in [2.24, 2.45) is 5.73 Å². The molecule has 0 bridgehead atoms. The van der Waals surface area contributed by atoms with Crippen molar-refractivity contribution >= 4 is 11.9 Å². The summed E-state index contributed by atoms with van der Waals surface area (Å²) in [5, 5.41) is 2.85. The van der Waals surface area contributed by atoms with Gasteiger partial charge in [-0.3, -0.25) is 10.1 Å². The van der Waals surface area contributed by atoms with E-state index in [1.165, 1.54) is 0 Å². The van der Waals surface area contributed by atoms with E-state index in [0.29, 0.717) is 17.8 Å². The van der Waals surface area contributed by atoms with E-state index in [0.717, 1.165) is 24.1 Å². The average Bonchev–Trinajstić information content (AvgIpc) is 3.19. The number of carbonyl (C=O) groups excluding carboxylic acids is 1. The van der Waals surface area contributed by atoms with E-state index >= 15 is 0 Å². The summed E-state index contributed by atoms with van der Waals surface area (Å²) in [5.41, 5.74) is 7.61. The van der Waals surface area contributed by atoms with Crippen molar-refractivity contribution in [2.45, 2.75) is 25.4 Å². The molecule has 3 N–H and O–H groups in total. The lowest BCUT2D eigenvalue weighted by molar-refractivity contribution is 0.0993. The first-order valence-corrected chi connectivity index (χ1v) is 7.99. The number of carbonyl (C=O) groups is 1. The molecule has 1 aliphatic carbocycles. The number of imidazole rings is 1. The minimum absolute atomic E-state index is 0.238. The topological polar surface area (TPSA) is 86.1 Å². The standard InChI is InChI=1S/C18H18N4O2/c19-10-14-8-9-16(24-14)17(23)21-18-20-11-15(22(18)13-6-7-13)12-4-2-1-3-5-12/h1-5,8-9,11,13H,6-7,10,19H2,(H,20,21,23). The van der Waals surface area contributed by atoms with Crippen LogP contribution in [0.2, 0.25) is 0 Å². The second kappa shape index (κ2) is 5.98. The van der Waals surface area contributed by atoms with Gasteiger partial charge in [-0.05, 0) is 30.5 Å². The lowest BCUT2D eigenvalue weighted by Crippen LogP contribution is -2.15. The van der Waals surface area contributed by atoms with Gasteiger partial charge in [0.25, 0.3) is 5.91 Å². The van der Waals surface area contributed by atoms with Crippen LogP contribution < -0.4 is 11.1 Å². The third-order valence-corrected chi connectivity index (χ3v) is 4.09. The molecule has 1 amide bonds. The summed E-state index contributed by atoms with van der Waals surface area (Å²) in [7, 11) is 0. The Kier molecular flexibility index (Phi) is 3.66. The van der Waals surface area contributed by atoms with Gasteiger partial charge in [-0.15, -0.1) is 0 Å². The zero-order valence-electron chi connectivity index (χ0n) is 13.1. The number of aromatic nitrogens is 2. The summed E-state index contributed by atoms with van der Waals surface area (Å²) in [5.74, 6) is 1.05. The number of benzene rings is 1. The molecule has 2 heterocycles. The van der Waals surface area contributed by atoms with E-state index in [4.69, 9.17) is 10.2 Å². The van der Waals surface area contributed by atoms with Crippen molar-refractivity contribution in [1.82, 2.24) is 9.55 Å². The number of amides is 1. The van der Waals surface area contributed by atoms with E-state index in [1.54, 1.807) is 18.3 Å². The molecule has 1 aromatic carbocycles. The summed E-state index contributed by atoms with van der Waals surface area (Å²) in [6, 6.07) is 13.8. The fourth-order valence-corrected chi connectivity index (χ4v) is 2.75. The molecule has 0 aliphatic heterocycles. The van der Waals surface area contributed by atoms with Crippen LogP contribution >= 0.6 is 0 Å². The Bertz CT molecular complexity index is 862. The molecule has 1 aliphatic rings. The van der Waals surface area contributed by atoms with Crippen molar-refractivity contribution < 1.29 is 9.21 Å². The van der Waals surface area contributed by atoms with E-state index in [2.05, 4.69) is 14.9 Å².